The molecule has 4 rings (SSSR count). The molecule has 0 saturated carbocycles. The average Bonchev–Trinajstić information content (AvgIpc) is 2.85. The van der Waals surface area contributed by atoms with Gasteiger partial charge < -0.3 is 4.90 Å². The van der Waals surface area contributed by atoms with Crippen LogP contribution in [0.25, 0.3) is 0 Å². The van der Waals surface area contributed by atoms with Gasteiger partial charge in [0.2, 0.25) is 0 Å². The molecule has 1 aliphatic heterocycles. The Morgan fingerprint density at radius 2 is 1.47 bits per heavy atom. The lowest BCUT2D eigenvalue weighted by Crippen LogP contribution is -2.48. The molecule has 0 bridgehead atoms. The van der Waals surface area contributed by atoms with Crippen molar-refractivity contribution in [3.05, 3.63) is 106 Å². The van der Waals surface area contributed by atoms with Crippen LogP contribution in [0.5, 0.6) is 0 Å². The van der Waals surface area contributed by atoms with E-state index >= 15 is 0 Å². The first-order valence-corrected chi connectivity index (χ1v) is 10.5. The number of nitrogen functional groups attached to an aromatic ring is 1. The zero-order chi connectivity index (χ0) is 22.5. The molecule has 1 amide bonds. The van der Waals surface area contributed by atoms with Gasteiger partial charge in [0.05, 0.1) is 11.0 Å². The largest absolute Gasteiger partial charge is 0.363 e. The van der Waals surface area contributed by atoms with E-state index in [0.717, 1.165) is 13.1 Å². The van der Waals surface area contributed by atoms with E-state index in [2.05, 4.69) is 34.6 Å². The number of nitro benzene ring substituents is 1. The molecule has 1 aliphatic rings. The summed E-state index contributed by atoms with van der Waals surface area (Å²) in [5, 5.41) is 11.6. The van der Waals surface area contributed by atoms with Gasteiger partial charge in [-0.2, -0.15) is 0 Å². The number of carbonyl (C=O) groups excluding carboxylic acids is 1. The van der Waals surface area contributed by atoms with E-state index in [1.807, 2.05) is 41.3 Å². The molecule has 1 saturated heterocycles. The lowest BCUT2D eigenvalue weighted by atomic mass is 9.96. The highest BCUT2D eigenvalue weighted by molar-refractivity contribution is 5.95. The predicted molar refractivity (Wildman–Crippen MR) is 123 cm³/mol. The number of rotatable bonds is 6. The van der Waals surface area contributed by atoms with Crippen LogP contribution < -0.4 is 16.2 Å². The van der Waals surface area contributed by atoms with Crippen molar-refractivity contribution >= 4 is 17.3 Å². The molecule has 8 nitrogen and oxygen atoms in total. The van der Waals surface area contributed by atoms with E-state index in [4.69, 9.17) is 5.84 Å². The van der Waals surface area contributed by atoms with Crippen LogP contribution in [0.1, 0.15) is 27.5 Å². The Labute approximate surface area is 186 Å². The summed E-state index contributed by atoms with van der Waals surface area (Å²) in [6.45, 7) is 2.65. The normalized spacial score (nSPS) is 14.4. The lowest BCUT2D eigenvalue weighted by molar-refractivity contribution is -0.384. The highest BCUT2D eigenvalue weighted by Gasteiger charge is 2.29. The molecule has 0 aromatic heterocycles. The summed E-state index contributed by atoms with van der Waals surface area (Å²) < 4.78 is 0. The van der Waals surface area contributed by atoms with Gasteiger partial charge in [-0.3, -0.25) is 25.2 Å². The smallest absolute Gasteiger partial charge is 0.292 e. The number of amides is 1. The lowest BCUT2D eigenvalue weighted by Gasteiger charge is -2.40. The van der Waals surface area contributed by atoms with Crippen molar-refractivity contribution in [1.29, 1.82) is 0 Å². The first-order valence-electron chi connectivity index (χ1n) is 10.5. The number of nitrogens with two attached hydrogens (primary N) is 1. The minimum Gasteiger partial charge on any atom is -0.363 e. The van der Waals surface area contributed by atoms with Crippen molar-refractivity contribution in [2.24, 2.45) is 5.84 Å². The molecular formula is C24H25N5O3. The molecule has 3 aromatic rings. The van der Waals surface area contributed by atoms with Gasteiger partial charge >= 0.3 is 0 Å². The van der Waals surface area contributed by atoms with Crippen molar-refractivity contribution in [2.45, 2.75) is 6.04 Å². The number of anilines is 1. The number of hydrazine groups is 1. The summed E-state index contributed by atoms with van der Waals surface area (Å²) in [5.74, 6) is 4.76. The summed E-state index contributed by atoms with van der Waals surface area (Å²) in [6.07, 6.45) is 0. The Morgan fingerprint density at radius 1 is 0.906 bits per heavy atom. The zero-order valence-electron chi connectivity index (χ0n) is 17.6. The number of benzene rings is 3. The van der Waals surface area contributed by atoms with Crippen LogP contribution in [-0.2, 0) is 0 Å². The van der Waals surface area contributed by atoms with Crippen LogP contribution in [-0.4, -0.2) is 41.9 Å². The minimum atomic E-state index is -0.479. The van der Waals surface area contributed by atoms with Crippen molar-refractivity contribution in [3.8, 4) is 0 Å². The predicted octanol–water partition coefficient (Wildman–Crippen LogP) is 3.11. The van der Waals surface area contributed by atoms with E-state index < -0.39 is 10.8 Å². The maximum atomic E-state index is 12.0. The maximum Gasteiger partial charge on any atom is 0.292 e. The Hall–Kier alpha value is -3.75. The van der Waals surface area contributed by atoms with Crippen LogP contribution in [0.15, 0.2) is 78.9 Å². The number of carbonyl (C=O) groups is 1. The van der Waals surface area contributed by atoms with Crippen LogP contribution >= 0.6 is 0 Å². The second-order valence-electron chi connectivity index (χ2n) is 7.68. The fraction of sp³-hybridized carbons (Fsp3) is 0.208. The molecule has 0 radical (unpaired) electrons. The number of hydrogen-bond donors (Lipinski definition) is 2. The summed E-state index contributed by atoms with van der Waals surface area (Å²) in [4.78, 5) is 27.5. The van der Waals surface area contributed by atoms with Crippen LogP contribution in [0.3, 0.4) is 0 Å². The molecule has 32 heavy (non-hydrogen) atoms. The second kappa shape index (κ2) is 9.59. The summed E-state index contributed by atoms with van der Waals surface area (Å²) in [5.41, 5.74) is 5.21. The van der Waals surface area contributed by atoms with Gasteiger partial charge in [0.15, 0.2) is 0 Å². The zero-order valence-corrected chi connectivity index (χ0v) is 17.6. The van der Waals surface area contributed by atoms with Gasteiger partial charge in [0.25, 0.3) is 11.6 Å². The Kier molecular flexibility index (Phi) is 6.44. The highest BCUT2D eigenvalue weighted by Crippen LogP contribution is 2.33. The van der Waals surface area contributed by atoms with Gasteiger partial charge in [-0.1, -0.05) is 60.7 Å². The number of nitro groups is 1. The van der Waals surface area contributed by atoms with Crippen molar-refractivity contribution in [1.82, 2.24) is 10.3 Å². The quantitative estimate of drug-likeness (QED) is 0.269. The molecular weight excluding hydrogens is 406 g/mol. The van der Waals surface area contributed by atoms with Crippen molar-refractivity contribution in [2.75, 3.05) is 31.1 Å². The fourth-order valence-electron chi connectivity index (χ4n) is 4.26. The molecule has 0 unspecified atom stereocenters. The summed E-state index contributed by atoms with van der Waals surface area (Å²) in [6, 6.07) is 25.1. The first-order chi connectivity index (χ1) is 15.6. The van der Waals surface area contributed by atoms with Gasteiger partial charge in [-0.25, -0.2) is 5.84 Å². The molecule has 0 spiro atoms. The summed E-state index contributed by atoms with van der Waals surface area (Å²) >= 11 is 0. The number of piperazine rings is 1. The molecule has 1 fully saturated rings. The molecule has 1 heterocycles. The number of nitrogens with zero attached hydrogens (tertiary/aromatic N) is 3. The molecule has 8 heteroatoms. The number of hydrogen-bond acceptors (Lipinski definition) is 6. The topological polar surface area (TPSA) is 105 Å². The molecule has 0 atom stereocenters. The molecule has 164 valence electrons. The van der Waals surface area contributed by atoms with Crippen LogP contribution in [0.4, 0.5) is 11.4 Å². The SMILES string of the molecule is NNC(=O)c1ccc([N+](=O)[O-])c(N2CCN(C(c3ccccc3)c3ccccc3)CC2)c1. The second-order valence-corrected chi connectivity index (χ2v) is 7.68. The molecule has 3 N–H and O–H groups in total. The molecule has 0 aliphatic carbocycles. The van der Waals surface area contributed by atoms with E-state index in [-0.39, 0.29) is 11.7 Å². The van der Waals surface area contributed by atoms with Crippen molar-refractivity contribution < 1.29 is 9.72 Å². The Bertz CT molecular complexity index is 1040. The summed E-state index contributed by atoms with van der Waals surface area (Å²) in [7, 11) is 0. The Balaban J connectivity index is 1.59. The van der Waals surface area contributed by atoms with Crippen LogP contribution in [0, 0.1) is 10.1 Å². The number of nitrogens with one attached hydrogen (secondary N) is 1. The fourth-order valence-corrected chi connectivity index (χ4v) is 4.26. The minimum absolute atomic E-state index is 0.0188. The highest BCUT2D eigenvalue weighted by atomic mass is 16.6. The third kappa shape index (κ3) is 4.46. The third-order valence-electron chi connectivity index (χ3n) is 5.82. The van der Waals surface area contributed by atoms with E-state index in [1.54, 1.807) is 6.07 Å². The van der Waals surface area contributed by atoms with Gasteiger partial charge in [0, 0.05) is 37.8 Å². The third-order valence-corrected chi connectivity index (χ3v) is 5.82. The average molecular weight is 431 g/mol. The van der Waals surface area contributed by atoms with E-state index in [0.29, 0.717) is 24.3 Å². The monoisotopic (exact) mass is 431 g/mol. The Morgan fingerprint density at radius 3 is 1.97 bits per heavy atom. The van der Waals surface area contributed by atoms with Gasteiger partial charge in [0.1, 0.15) is 5.69 Å². The van der Waals surface area contributed by atoms with Crippen LogP contribution in [0.2, 0.25) is 0 Å². The van der Waals surface area contributed by atoms with Crippen molar-refractivity contribution in [3.63, 3.8) is 0 Å². The maximum absolute atomic E-state index is 12.0. The van der Waals surface area contributed by atoms with E-state index in [1.165, 1.54) is 23.3 Å². The van der Waals surface area contributed by atoms with Gasteiger partial charge in [-0.05, 0) is 23.3 Å². The standard InChI is InChI=1S/C24H25N5O3/c25-26-24(30)20-11-12-21(29(31)32)22(17-20)27-13-15-28(16-14-27)23(18-7-3-1-4-8-18)19-9-5-2-6-10-19/h1-12,17,23H,13-16,25H2,(H,26,30). The van der Waals surface area contributed by atoms with Gasteiger partial charge in [-0.15, -0.1) is 0 Å². The molecule has 3 aromatic carbocycles. The first kappa shape index (κ1) is 21.5. The van der Waals surface area contributed by atoms with E-state index in [9.17, 15) is 14.9 Å².